The van der Waals surface area contributed by atoms with Crippen LogP contribution in [0.5, 0.6) is 0 Å². The Morgan fingerprint density at radius 1 is 0.816 bits per heavy atom. The number of nitrogens with zero attached hydrogens (tertiary/aromatic N) is 3. The maximum atomic E-state index is 13.5. The summed E-state index contributed by atoms with van der Waals surface area (Å²) < 4.78 is 55.7. The fraction of sp³-hybridized carbons (Fsp3) is 0.259. The van der Waals surface area contributed by atoms with E-state index in [1.165, 1.54) is 30.5 Å². The Balaban J connectivity index is 1.63. The molecule has 200 valence electrons. The molecule has 1 atom stereocenters. The summed E-state index contributed by atoms with van der Waals surface area (Å²) >= 11 is 0. The summed E-state index contributed by atoms with van der Waals surface area (Å²) in [7, 11) is -8.03. The molecule has 0 aromatic heterocycles. The monoisotopic (exact) mass is 554 g/mol. The molecule has 0 saturated carbocycles. The standard InChI is InChI=1S/C27H30N4O5S2/c1-20-14-15-23(22(3)21(20)2)18-28-29-27(32)26-19-30(37(33,34)24-10-6-4-7-11-24)16-17-31(26)38(35,36)25-12-8-5-9-13-25/h4-15,18,26H,16-17,19H2,1-3H3,(H,29,32)/b28-18-/t26-/m0/s1. The van der Waals surface area contributed by atoms with Crippen LogP contribution in [0.25, 0.3) is 0 Å². The van der Waals surface area contributed by atoms with E-state index < -0.39 is 32.0 Å². The molecule has 11 heteroatoms. The van der Waals surface area contributed by atoms with Gasteiger partial charge in [0.25, 0.3) is 5.91 Å². The fourth-order valence-corrected chi connectivity index (χ4v) is 7.34. The molecular weight excluding hydrogens is 524 g/mol. The van der Waals surface area contributed by atoms with E-state index in [1.54, 1.807) is 36.4 Å². The van der Waals surface area contributed by atoms with Gasteiger partial charge in [-0.2, -0.15) is 13.7 Å². The molecule has 3 aromatic carbocycles. The number of benzene rings is 3. The van der Waals surface area contributed by atoms with Crippen molar-refractivity contribution in [2.24, 2.45) is 5.10 Å². The second-order valence-corrected chi connectivity index (χ2v) is 12.9. The van der Waals surface area contributed by atoms with Gasteiger partial charge in [-0.25, -0.2) is 22.3 Å². The van der Waals surface area contributed by atoms with Crippen LogP contribution in [0.2, 0.25) is 0 Å². The predicted molar refractivity (Wildman–Crippen MR) is 146 cm³/mol. The number of hydrazone groups is 1. The third-order valence-corrected chi connectivity index (χ3v) is 10.6. The number of carbonyl (C=O) groups is 1. The maximum Gasteiger partial charge on any atom is 0.259 e. The van der Waals surface area contributed by atoms with Crippen LogP contribution >= 0.6 is 0 Å². The Hall–Kier alpha value is -3.38. The predicted octanol–water partition coefficient (Wildman–Crippen LogP) is 2.83. The Morgan fingerprint density at radius 3 is 2.00 bits per heavy atom. The molecule has 1 saturated heterocycles. The summed E-state index contributed by atoms with van der Waals surface area (Å²) in [5, 5.41) is 4.07. The minimum atomic E-state index is -4.08. The molecule has 9 nitrogen and oxygen atoms in total. The summed E-state index contributed by atoms with van der Waals surface area (Å²) in [4.78, 5) is 13.4. The van der Waals surface area contributed by atoms with Crippen LogP contribution in [0.4, 0.5) is 0 Å². The van der Waals surface area contributed by atoms with Crippen LogP contribution in [0.1, 0.15) is 22.3 Å². The molecule has 3 aromatic rings. The van der Waals surface area contributed by atoms with E-state index in [1.807, 2.05) is 32.9 Å². The summed E-state index contributed by atoms with van der Waals surface area (Å²) in [6, 6.07) is 18.1. The van der Waals surface area contributed by atoms with Crippen LogP contribution in [0.3, 0.4) is 0 Å². The SMILES string of the molecule is Cc1ccc(/C=N\NC(=O)[C@@H]2CN(S(=O)(=O)c3ccccc3)CCN2S(=O)(=O)c2ccccc2)c(C)c1C. The van der Waals surface area contributed by atoms with Crippen LogP contribution in [0.15, 0.2) is 87.7 Å². The average Bonchev–Trinajstić information content (AvgIpc) is 2.93. The number of hydrogen-bond donors (Lipinski definition) is 1. The van der Waals surface area contributed by atoms with E-state index in [-0.39, 0.29) is 29.4 Å². The normalized spacial score (nSPS) is 17.5. The van der Waals surface area contributed by atoms with E-state index >= 15 is 0 Å². The van der Waals surface area contributed by atoms with Gasteiger partial charge in [0.2, 0.25) is 20.0 Å². The topological polar surface area (TPSA) is 116 Å². The number of hydrogen-bond acceptors (Lipinski definition) is 6. The van der Waals surface area contributed by atoms with Gasteiger partial charge >= 0.3 is 0 Å². The summed E-state index contributed by atoms with van der Waals surface area (Å²) in [6.07, 6.45) is 1.50. The van der Waals surface area contributed by atoms with Crippen molar-refractivity contribution in [1.82, 2.24) is 14.0 Å². The van der Waals surface area contributed by atoms with Crippen LogP contribution in [0, 0.1) is 20.8 Å². The Labute approximate surface area is 223 Å². The molecule has 1 heterocycles. The summed E-state index contributed by atoms with van der Waals surface area (Å²) in [6.45, 7) is 5.31. The van der Waals surface area contributed by atoms with Crippen molar-refractivity contribution in [1.29, 1.82) is 0 Å². The number of piperazine rings is 1. The molecule has 1 fully saturated rings. The number of nitrogens with one attached hydrogen (secondary N) is 1. The minimum Gasteiger partial charge on any atom is -0.271 e. The molecule has 1 aliphatic rings. The number of aryl methyl sites for hydroxylation is 1. The molecular formula is C27H30N4O5S2. The number of rotatable bonds is 7. The highest BCUT2D eigenvalue weighted by molar-refractivity contribution is 7.89. The van der Waals surface area contributed by atoms with Gasteiger partial charge in [0.15, 0.2) is 0 Å². The van der Waals surface area contributed by atoms with Crippen molar-refractivity contribution in [2.75, 3.05) is 19.6 Å². The smallest absolute Gasteiger partial charge is 0.259 e. The van der Waals surface area contributed by atoms with Crippen LogP contribution < -0.4 is 5.43 Å². The van der Waals surface area contributed by atoms with E-state index in [0.717, 1.165) is 30.9 Å². The lowest BCUT2D eigenvalue weighted by Gasteiger charge is -2.38. The van der Waals surface area contributed by atoms with E-state index in [9.17, 15) is 21.6 Å². The highest BCUT2D eigenvalue weighted by Gasteiger charge is 2.43. The number of amides is 1. The zero-order valence-corrected chi connectivity index (χ0v) is 23.0. The van der Waals surface area contributed by atoms with Gasteiger partial charge in [0.1, 0.15) is 6.04 Å². The van der Waals surface area contributed by atoms with E-state index in [0.29, 0.717) is 0 Å². The van der Waals surface area contributed by atoms with Crippen LogP contribution in [-0.4, -0.2) is 63.2 Å². The fourth-order valence-electron chi connectivity index (χ4n) is 4.29. The molecule has 0 aliphatic carbocycles. The molecule has 0 spiro atoms. The number of sulfonamides is 2. The highest BCUT2D eigenvalue weighted by atomic mass is 32.2. The molecule has 38 heavy (non-hydrogen) atoms. The van der Waals surface area contributed by atoms with Gasteiger partial charge in [-0.3, -0.25) is 4.79 Å². The van der Waals surface area contributed by atoms with Crippen molar-refractivity contribution in [3.63, 3.8) is 0 Å². The molecule has 1 N–H and O–H groups in total. The van der Waals surface area contributed by atoms with E-state index in [4.69, 9.17) is 0 Å². The lowest BCUT2D eigenvalue weighted by molar-refractivity contribution is -0.125. The first-order valence-electron chi connectivity index (χ1n) is 12.1. The van der Waals surface area contributed by atoms with Crippen molar-refractivity contribution in [2.45, 2.75) is 36.6 Å². The maximum absolute atomic E-state index is 13.5. The second-order valence-electron chi connectivity index (χ2n) is 9.08. The largest absolute Gasteiger partial charge is 0.271 e. The van der Waals surface area contributed by atoms with Gasteiger partial charge < -0.3 is 0 Å². The molecule has 4 rings (SSSR count). The molecule has 0 radical (unpaired) electrons. The van der Waals surface area contributed by atoms with Crippen molar-refractivity contribution in [3.8, 4) is 0 Å². The third kappa shape index (κ3) is 5.56. The second kappa shape index (κ2) is 11.2. The Kier molecular flexibility index (Phi) is 8.12. The third-order valence-electron chi connectivity index (χ3n) is 6.81. The zero-order valence-electron chi connectivity index (χ0n) is 21.4. The molecule has 1 amide bonds. The van der Waals surface area contributed by atoms with Gasteiger partial charge in [-0.15, -0.1) is 0 Å². The quantitative estimate of drug-likeness (QED) is 0.356. The zero-order chi connectivity index (χ0) is 27.5. The first-order chi connectivity index (χ1) is 18.0. The average molecular weight is 555 g/mol. The molecule has 0 bridgehead atoms. The molecule has 1 aliphatic heterocycles. The van der Waals surface area contributed by atoms with Gasteiger partial charge in [-0.1, -0.05) is 48.5 Å². The minimum absolute atomic E-state index is 0.0198. The Bertz CT molecular complexity index is 1560. The lowest BCUT2D eigenvalue weighted by Crippen LogP contribution is -2.60. The van der Waals surface area contributed by atoms with E-state index in [2.05, 4.69) is 10.5 Å². The van der Waals surface area contributed by atoms with Gasteiger partial charge in [0.05, 0.1) is 16.0 Å². The molecule has 0 unspecified atom stereocenters. The van der Waals surface area contributed by atoms with Gasteiger partial charge in [0, 0.05) is 19.6 Å². The highest BCUT2D eigenvalue weighted by Crippen LogP contribution is 2.25. The summed E-state index contributed by atoms with van der Waals surface area (Å²) in [5.74, 6) is -0.727. The van der Waals surface area contributed by atoms with Crippen molar-refractivity contribution >= 4 is 32.2 Å². The van der Waals surface area contributed by atoms with Crippen LogP contribution in [-0.2, 0) is 24.8 Å². The van der Waals surface area contributed by atoms with Crippen molar-refractivity contribution < 1.29 is 21.6 Å². The lowest BCUT2D eigenvalue weighted by atomic mass is 10.00. The Morgan fingerprint density at radius 2 is 1.39 bits per heavy atom. The number of carbonyl (C=O) groups excluding carboxylic acids is 1. The first-order valence-corrected chi connectivity index (χ1v) is 14.9. The first kappa shape index (κ1) is 27.6. The van der Waals surface area contributed by atoms with Gasteiger partial charge in [-0.05, 0) is 67.3 Å². The van der Waals surface area contributed by atoms with Crippen molar-refractivity contribution in [3.05, 3.63) is 95.1 Å². The summed E-state index contributed by atoms with van der Waals surface area (Å²) in [5.41, 5.74) is 6.48.